The molecule has 28 heavy (non-hydrogen) atoms. The summed E-state index contributed by atoms with van der Waals surface area (Å²) in [6.07, 6.45) is 1.77. The smallest absolute Gasteiger partial charge is 0.335 e. The van der Waals surface area contributed by atoms with Gasteiger partial charge in [0, 0.05) is 24.7 Å². The minimum atomic E-state index is -1.48. The van der Waals surface area contributed by atoms with Crippen molar-refractivity contribution in [1.82, 2.24) is 9.88 Å². The third kappa shape index (κ3) is 3.10. The number of nitrogens with zero attached hydrogens (tertiary/aromatic N) is 2. The number of halogens is 1. The lowest BCUT2D eigenvalue weighted by molar-refractivity contribution is -0.0595. The highest BCUT2D eigenvalue weighted by atomic mass is 19.1. The van der Waals surface area contributed by atoms with Gasteiger partial charge in [0.15, 0.2) is 5.67 Å². The van der Waals surface area contributed by atoms with E-state index in [9.17, 15) is 4.79 Å². The molecule has 5 nitrogen and oxygen atoms in total. The molecule has 0 aliphatic carbocycles. The van der Waals surface area contributed by atoms with Gasteiger partial charge in [0.1, 0.15) is 5.75 Å². The van der Waals surface area contributed by atoms with Gasteiger partial charge in [-0.1, -0.05) is 18.2 Å². The van der Waals surface area contributed by atoms with Crippen LogP contribution in [0.2, 0.25) is 0 Å². The Morgan fingerprint density at radius 3 is 2.57 bits per heavy atom. The van der Waals surface area contributed by atoms with Gasteiger partial charge < -0.3 is 9.84 Å². The van der Waals surface area contributed by atoms with Crippen LogP contribution in [-0.4, -0.2) is 41.2 Å². The largest absolute Gasteiger partial charge is 0.497 e. The van der Waals surface area contributed by atoms with Crippen LogP contribution < -0.4 is 4.74 Å². The number of rotatable bonds is 5. The van der Waals surface area contributed by atoms with Crippen molar-refractivity contribution >= 4 is 16.7 Å². The molecule has 1 aliphatic rings. The van der Waals surface area contributed by atoms with Crippen molar-refractivity contribution in [3.63, 3.8) is 0 Å². The molecule has 2 heterocycles. The monoisotopic (exact) mass is 380 g/mol. The second kappa shape index (κ2) is 6.87. The quantitative estimate of drug-likeness (QED) is 0.719. The molecule has 6 heteroatoms. The summed E-state index contributed by atoms with van der Waals surface area (Å²) in [4.78, 5) is 17.6. The van der Waals surface area contributed by atoms with Crippen LogP contribution >= 0.6 is 0 Å². The molecule has 144 valence electrons. The van der Waals surface area contributed by atoms with Gasteiger partial charge in [-0.25, -0.2) is 9.18 Å². The van der Waals surface area contributed by atoms with Crippen LogP contribution in [0, 0.1) is 0 Å². The van der Waals surface area contributed by atoms with Gasteiger partial charge in [0.25, 0.3) is 0 Å². The number of hydrogen-bond acceptors (Lipinski definition) is 4. The number of likely N-dealkylation sites (tertiary alicyclic amines) is 1. The molecule has 0 bridgehead atoms. The number of aromatic carboxylic acids is 1. The zero-order valence-corrected chi connectivity index (χ0v) is 15.7. The number of methoxy groups -OCH3 is 1. The molecule has 0 spiro atoms. The first-order valence-corrected chi connectivity index (χ1v) is 9.11. The summed E-state index contributed by atoms with van der Waals surface area (Å²) in [5.74, 6) is -0.253. The summed E-state index contributed by atoms with van der Waals surface area (Å²) in [6.45, 7) is 2.50. The van der Waals surface area contributed by atoms with E-state index in [0.29, 0.717) is 5.56 Å². The van der Waals surface area contributed by atoms with Crippen LogP contribution in [0.15, 0.2) is 54.7 Å². The van der Waals surface area contributed by atoms with E-state index < -0.39 is 11.6 Å². The van der Waals surface area contributed by atoms with Crippen molar-refractivity contribution in [2.24, 2.45) is 0 Å². The van der Waals surface area contributed by atoms with Gasteiger partial charge in [0.05, 0.1) is 24.4 Å². The first-order valence-electron chi connectivity index (χ1n) is 9.11. The highest BCUT2D eigenvalue weighted by molar-refractivity contribution is 5.87. The maximum absolute atomic E-state index is 15.3. The van der Waals surface area contributed by atoms with Crippen molar-refractivity contribution in [2.75, 3.05) is 20.2 Å². The van der Waals surface area contributed by atoms with Gasteiger partial charge in [-0.2, -0.15) is 0 Å². The van der Waals surface area contributed by atoms with Crippen LogP contribution in [0.4, 0.5) is 4.39 Å². The zero-order chi connectivity index (χ0) is 19.9. The molecule has 0 saturated carbocycles. The van der Waals surface area contributed by atoms with Crippen LogP contribution in [0.3, 0.4) is 0 Å². The molecule has 1 saturated heterocycles. The second-order valence-electron chi connectivity index (χ2n) is 7.21. The fraction of sp³-hybridized carbons (Fsp3) is 0.273. The Hall–Kier alpha value is -2.99. The van der Waals surface area contributed by atoms with Crippen molar-refractivity contribution < 1.29 is 19.0 Å². The third-order valence-electron chi connectivity index (χ3n) is 5.50. The molecule has 4 rings (SSSR count). The molecule has 1 aliphatic heterocycles. The Bertz CT molecular complexity index is 1030. The van der Waals surface area contributed by atoms with Crippen molar-refractivity contribution in [3.8, 4) is 5.75 Å². The topological polar surface area (TPSA) is 62.7 Å². The molecule has 1 atom stereocenters. The lowest BCUT2D eigenvalue weighted by Gasteiger charge is -2.47. The van der Waals surface area contributed by atoms with Gasteiger partial charge in [-0.15, -0.1) is 0 Å². The molecule has 1 fully saturated rings. The molecule has 0 amide bonds. The number of pyridine rings is 1. The third-order valence-corrected chi connectivity index (χ3v) is 5.50. The first-order chi connectivity index (χ1) is 13.4. The fourth-order valence-corrected chi connectivity index (χ4v) is 3.77. The Labute approximate surface area is 162 Å². The zero-order valence-electron chi connectivity index (χ0n) is 15.7. The van der Waals surface area contributed by atoms with Crippen LogP contribution in [0.25, 0.3) is 10.8 Å². The van der Waals surface area contributed by atoms with E-state index in [1.165, 1.54) is 12.1 Å². The number of carbonyl (C=O) groups is 1. The van der Waals surface area contributed by atoms with Crippen LogP contribution in [-0.2, 0) is 5.67 Å². The highest BCUT2D eigenvalue weighted by Crippen LogP contribution is 2.41. The maximum atomic E-state index is 15.3. The minimum absolute atomic E-state index is 0.0574. The van der Waals surface area contributed by atoms with E-state index in [-0.39, 0.29) is 24.7 Å². The summed E-state index contributed by atoms with van der Waals surface area (Å²) in [7, 11) is 1.63. The van der Waals surface area contributed by atoms with Crippen LogP contribution in [0.1, 0.15) is 34.6 Å². The number of alkyl halides is 1. The van der Waals surface area contributed by atoms with E-state index in [0.717, 1.165) is 22.2 Å². The number of hydrogen-bond donors (Lipinski definition) is 1. The Morgan fingerprint density at radius 2 is 1.93 bits per heavy atom. The lowest BCUT2D eigenvalue weighted by atomic mass is 9.85. The average Bonchev–Trinajstić information content (AvgIpc) is 2.70. The first kappa shape index (κ1) is 18.4. The summed E-state index contributed by atoms with van der Waals surface area (Å²) < 4.78 is 20.6. The molecule has 1 unspecified atom stereocenters. The summed E-state index contributed by atoms with van der Waals surface area (Å²) in [5.41, 5.74) is 0.0760. The molecular weight excluding hydrogens is 359 g/mol. The van der Waals surface area contributed by atoms with E-state index in [1.807, 2.05) is 36.1 Å². The van der Waals surface area contributed by atoms with E-state index in [1.54, 1.807) is 25.4 Å². The van der Waals surface area contributed by atoms with Crippen LogP contribution in [0.5, 0.6) is 5.75 Å². The summed E-state index contributed by atoms with van der Waals surface area (Å²) >= 11 is 0. The Kier molecular flexibility index (Phi) is 4.51. The predicted octanol–water partition coefficient (Wildman–Crippen LogP) is 4.18. The van der Waals surface area contributed by atoms with E-state index in [4.69, 9.17) is 9.84 Å². The van der Waals surface area contributed by atoms with Gasteiger partial charge >= 0.3 is 5.97 Å². The number of carboxylic acid groups (broad SMARTS) is 1. The number of fused-ring (bicyclic) bond motifs is 1. The standard InChI is InChI=1S/C22H21FN2O3/c1-14(20-19-11-18(28-2)8-5-15(19)9-10-24-20)25-12-22(23,13-25)17-6-3-16(4-7-17)21(26)27/h3-11,14H,12-13H2,1-2H3,(H,26,27). The van der Waals surface area contributed by atoms with Gasteiger partial charge in [0.2, 0.25) is 0 Å². The van der Waals surface area contributed by atoms with Crippen molar-refractivity contribution in [2.45, 2.75) is 18.6 Å². The fourth-order valence-electron chi connectivity index (χ4n) is 3.77. The number of ether oxygens (including phenoxy) is 1. The predicted molar refractivity (Wildman–Crippen MR) is 104 cm³/mol. The summed E-state index contributed by atoms with van der Waals surface area (Å²) in [5, 5.41) is 11.1. The molecule has 2 aromatic carbocycles. The molecular formula is C22H21FN2O3. The van der Waals surface area contributed by atoms with Gasteiger partial charge in [-0.05, 0) is 48.2 Å². The maximum Gasteiger partial charge on any atom is 0.335 e. The highest BCUT2D eigenvalue weighted by Gasteiger charge is 2.47. The van der Waals surface area contributed by atoms with Gasteiger partial charge in [-0.3, -0.25) is 9.88 Å². The Morgan fingerprint density at radius 1 is 1.21 bits per heavy atom. The second-order valence-corrected chi connectivity index (χ2v) is 7.21. The number of aromatic nitrogens is 1. The molecule has 3 aromatic rings. The van der Waals surface area contributed by atoms with E-state index in [2.05, 4.69) is 4.98 Å². The normalized spacial score (nSPS) is 17.1. The van der Waals surface area contributed by atoms with Crippen molar-refractivity contribution in [3.05, 3.63) is 71.5 Å². The van der Waals surface area contributed by atoms with E-state index >= 15 is 4.39 Å². The number of carboxylic acids is 1. The SMILES string of the molecule is COc1ccc2ccnc(C(C)N3CC(F)(c4ccc(C(=O)O)cc4)C3)c2c1. The summed E-state index contributed by atoms with van der Waals surface area (Å²) in [6, 6.07) is 13.8. The minimum Gasteiger partial charge on any atom is -0.497 e. The molecule has 1 N–H and O–H groups in total. The molecule has 1 aromatic heterocycles. The average molecular weight is 380 g/mol. The lowest BCUT2D eigenvalue weighted by Crippen LogP contribution is -2.57. The molecule has 0 radical (unpaired) electrons. The van der Waals surface area contributed by atoms with Crippen molar-refractivity contribution in [1.29, 1.82) is 0 Å². The number of benzene rings is 2. The Balaban J connectivity index is 1.56.